The smallest absolute Gasteiger partial charge is 0.164 e. The van der Waals surface area contributed by atoms with E-state index >= 15 is 0 Å². The molecule has 0 amide bonds. The van der Waals surface area contributed by atoms with Crippen molar-refractivity contribution in [3.8, 4) is 11.5 Å². The van der Waals surface area contributed by atoms with Crippen LogP contribution in [0.5, 0.6) is 11.5 Å². The summed E-state index contributed by atoms with van der Waals surface area (Å²) >= 11 is 0. The molecule has 1 aromatic carbocycles. The molecule has 5 heteroatoms. The summed E-state index contributed by atoms with van der Waals surface area (Å²) in [6, 6.07) is 5.88. The Morgan fingerprint density at radius 1 is 1.14 bits per heavy atom. The molecule has 3 rings (SSSR count). The largest absolute Gasteiger partial charge is 0.454 e. The van der Waals surface area contributed by atoms with E-state index in [0.717, 1.165) is 25.3 Å². The van der Waals surface area contributed by atoms with Gasteiger partial charge in [-0.25, -0.2) is 14.4 Å². The summed E-state index contributed by atoms with van der Waals surface area (Å²) in [6.07, 6.45) is 6.67. The molecule has 0 radical (unpaired) electrons. The van der Waals surface area contributed by atoms with E-state index in [1.54, 1.807) is 24.5 Å². The third kappa shape index (κ3) is 3.98. The Balaban J connectivity index is 1.59. The number of aromatic nitrogens is 2. The van der Waals surface area contributed by atoms with Crippen LogP contribution in [0.25, 0.3) is 0 Å². The van der Waals surface area contributed by atoms with Gasteiger partial charge in [0.15, 0.2) is 5.75 Å². The molecule has 2 aromatic rings. The highest BCUT2D eigenvalue weighted by Gasteiger charge is 2.14. The third-order valence-corrected chi connectivity index (χ3v) is 3.60. The second-order valence-corrected chi connectivity index (χ2v) is 5.31. The van der Waals surface area contributed by atoms with Crippen molar-refractivity contribution in [2.24, 2.45) is 5.92 Å². The van der Waals surface area contributed by atoms with Crippen LogP contribution in [-0.2, 0) is 6.42 Å². The van der Waals surface area contributed by atoms with Gasteiger partial charge in [-0.05, 0) is 56.1 Å². The van der Waals surface area contributed by atoms with E-state index in [2.05, 4.69) is 15.3 Å². The van der Waals surface area contributed by atoms with E-state index in [9.17, 15) is 4.39 Å². The minimum absolute atomic E-state index is 0.282. The molecule has 21 heavy (non-hydrogen) atoms. The Kier molecular flexibility index (Phi) is 4.40. The highest BCUT2D eigenvalue weighted by Crippen LogP contribution is 2.20. The van der Waals surface area contributed by atoms with Gasteiger partial charge >= 0.3 is 0 Å². The van der Waals surface area contributed by atoms with Crippen LogP contribution < -0.4 is 10.1 Å². The van der Waals surface area contributed by atoms with Crippen molar-refractivity contribution in [3.05, 3.63) is 48.3 Å². The summed E-state index contributed by atoms with van der Waals surface area (Å²) in [5, 5.41) is 3.39. The lowest BCUT2D eigenvalue weighted by Gasteiger charge is -2.21. The molecule has 0 spiro atoms. The predicted molar refractivity (Wildman–Crippen MR) is 77.8 cm³/mol. The van der Waals surface area contributed by atoms with Crippen molar-refractivity contribution in [1.29, 1.82) is 0 Å². The molecule has 1 unspecified atom stereocenters. The molecule has 1 aromatic heterocycles. The SMILES string of the molecule is Fc1ccc(Oc2cnc(CC3CCCNC3)nc2)cc1. The normalized spacial score (nSPS) is 18.4. The molecule has 1 saturated heterocycles. The Morgan fingerprint density at radius 2 is 1.90 bits per heavy atom. The maximum absolute atomic E-state index is 12.8. The summed E-state index contributed by atoms with van der Waals surface area (Å²) < 4.78 is 18.4. The van der Waals surface area contributed by atoms with Gasteiger partial charge in [-0.3, -0.25) is 0 Å². The minimum Gasteiger partial charge on any atom is -0.454 e. The van der Waals surface area contributed by atoms with Gasteiger partial charge in [0.1, 0.15) is 17.4 Å². The Labute approximate surface area is 123 Å². The van der Waals surface area contributed by atoms with Crippen LogP contribution in [0.4, 0.5) is 4.39 Å². The maximum atomic E-state index is 12.8. The van der Waals surface area contributed by atoms with Crippen molar-refractivity contribution in [3.63, 3.8) is 0 Å². The zero-order valence-electron chi connectivity index (χ0n) is 11.8. The van der Waals surface area contributed by atoms with Crippen LogP contribution in [0.2, 0.25) is 0 Å². The van der Waals surface area contributed by atoms with Gasteiger partial charge in [0.2, 0.25) is 0 Å². The minimum atomic E-state index is -0.282. The second kappa shape index (κ2) is 6.63. The van der Waals surface area contributed by atoms with Gasteiger partial charge in [-0.1, -0.05) is 0 Å². The van der Waals surface area contributed by atoms with Crippen LogP contribution >= 0.6 is 0 Å². The zero-order valence-corrected chi connectivity index (χ0v) is 11.8. The number of ether oxygens (including phenoxy) is 1. The quantitative estimate of drug-likeness (QED) is 0.939. The van der Waals surface area contributed by atoms with Crippen molar-refractivity contribution in [1.82, 2.24) is 15.3 Å². The van der Waals surface area contributed by atoms with Gasteiger partial charge in [0.05, 0.1) is 12.4 Å². The zero-order chi connectivity index (χ0) is 14.5. The Morgan fingerprint density at radius 3 is 2.57 bits per heavy atom. The number of benzene rings is 1. The third-order valence-electron chi connectivity index (χ3n) is 3.60. The Bertz CT molecular complexity index is 565. The van der Waals surface area contributed by atoms with E-state index in [4.69, 9.17) is 4.74 Å². The van der Waals surface area contributed by atoms with E-state index in [-0.39, 0.29) is 5.82 Å². The monoisotopic (exact) mass is 287 g/mol. The van der Waals surface area contributed by atoms with Gasteiger partial charge in [-0.15, -0.1) is 0 Å². The van der Waals surface area contributed by atoms with Crippen LogP contribution in [-0.4, -0.2) is 23.1 Å². The van der Waals surface area contributed by atoms with Crippen LogP contribution in [0, 0.1) is 11.7 Å². The molecule has 0 bridgehead atoms. The predicted octanol–water partition coefficient (Wildman–Crippen LogP) is 2.95. The lowest BCUT2D eigenvalue weighted by molar-refractivity contribution is 0.370. The first-order valence-corrected chi connectivity index (χ1v) is 7.24. The molecule has 1 atom stereocenters. The fraction of sp³-hybridized carbons (Fsp3) is 0.375. The summed E-state index contributed by atoms with van der Waals surface area (Å²) in [6.45, 7) is 2.15. The molecular formula is C16H18FN3O. The number of piperidine rings is 1. The van der Waals surface area contributed by atoms with E-state index in [0.29, 0.717) is 17.4 Å². The fourth-order valence-corrected chi connectivity index (χ4v) is 2.50. The molecular weight excluding hydrogens is 269 g/mol. The van der Waals surface area contributed by atoms with Crippen LogP contribution in [0.15, 0.2) is 36.7 Å². The molecule has 1 aliphatic heterocycles. The van der Waals surface area contributed by atoms with Gasteiger partial charge in [-0.2, -0.15) is 0 Å². The van der Waals surface area contributed by atoms with E-state index < -0.39 is 0 Å². The van der Waals surface area contributed by atoms with Crippen molar-refractivity contribution in [2.75, 3.05) is 13.1 Å². The lowest BCUT2D eigenvalue weighted by Crippen LogP contribution is -2.31. The molecule has 4 nitrogen and oxygen atoms in total. The molecule has 110 valence electrons. The van der Waals surface area contributed by atoms with Crippen LogP contribution in [0.1, 0.15) is 18.7 Å². The fourth-order valence-electron chi connectivity index (χ4n) is 2.50. The average molecular weight is 287 g/mol. The molecule has 0 aliphatic carbocycles. The van der Waals surface area contributed by atoms with E-state index in [1.807, 2.05) is 0 Å². The van der Waals surface area contributed by atoms with Crippen molar-refractivity contribution >= 4 is 0 Å². The average Bonchev–Trinajstić information content (AvgIpc) is 2.53. The maximum Gasteiger partial charge on any atom is 0.164 e. The van der Waals surface area contributed by atoms with Gasteiger partial charge in [0, 0.05) is 6.42 Å². The number of hydrogen-bond donors (Lipinski definition) is 1. The molecule has 1 fully saturated rings. The topological polar surface area (TPSA) is 47.0 Å². The van der Waals surface area contributed by atoms with Gasteiger partial charge in [0.25, 0.3) is 0 Å². The summed E-state index contributed by atoms with van der Waals surface area (Å²) in [4.78, 5) is 8.70. The lowest BCUT2D eigenvalue weighted by atomic mass is 9.96. The summed E-state index contributed by atoms with van der Waals surface area (Å²) in [5.41, 5.74) is 0. The summed E-state index contributed by atoms with van der Waals surface area (Å²) in [7, 11) is 0. The van der Waals surface area contributed by atoms with Crippen molar-refractivity contribution in [2.45, 2.75) is 19.3 Å². The highest BCUT2D eigenvalue weighted by atomic mass is 19.1. The number of hydrogen-bond acceptors (Lipinski definition) is 4. The van der Waals surface area contributed by atoms with E-state index in [1.165, 1.54) is 25.0 Å². The number of nitrogens with one attached hydrogen (secondary N) is 1. The number of halogens is 1. The first kappa shape index (κ1) is 13.9. The molecule has 0 saturated carbocycles. The Hall–Kier alpha value is -2.01. The molecule has 1 N–H and O–H groups in total. The summed E-state index contributed by atoms with van der Waals surface area (Å²) in [5.74, 6) is 2.31. The number of rotatable bonds is 4. The number of nitrogens with zero attached hydrogens (tertiary/aromatic N) is 2. The second-order valence-electron chi connectivity index (χ2n) is 5.31. The van der Waals surface area contributed by atoms with Crippen LogP contribution in [0.3, 0.4) is 0 Å². The van der Waals surface area contributed by atoms with Gasteiger partial charge < -0.3 is 10.1 Å². The first-order valence-electron chi connectivity index (χ1n) is 7.24. The highest BCUT2D eigenvalue weighted by molar-refractivity contribution is 5.28. The molecule has 2 heterocycles. The standard InChI is InChI=1S/C16H18FN3O/c17-13-3-5-14(6-4-13)21-15-10-19-16(20-11-15)8-12-2-1-7-18-9-12/h3-6,10-12,18H,1-2,7-9H2. The molecule has 1 aliphatic rings. The van der Waals surface area contributed by atoms with Crippen molar-refractivity contribution < 1.29 is 9.13 Å². The first-order chi connectivity index (χ1) is 10.3.